The summed E-state index contributed by atoms with van der Waals surface area (Å²) >= 11 is 1.87. The fraction of sp³-hybridized carbons (Fsp3) is 0.875. The molecule has 0 rings (SSSR count). The first-order valence-corrected chi connectivity index (χ1v) is 9.79. The van der Waals surface area contributed by atoms with E-state index < -0.39 is 0 Å². The first-order valence-electron chi connectivity index (χ1n) is 8.40. The maximum atomic E-state index is 11.6. The summed E-state index contributed by atoms with van der Waals surface area (Å²) in [7, 11) is 1.76. The number of hydrogen-bond acceptors (Lipinski definition) is 4. The summed E-state index contributed by atoms with van der Waals surface area (Å²) in [6.07, 6.45) is 4.97. The van der Waals surface area contributed by atoms with Crippen LogP contribution in [0.15, 0.2) is 4.99 Å². The Bertz CT molecular complexity index is 344. The molecule has 0 aliphatic rings. The van der Waals surface area contributed by atoms with Crippen molar-refractivity contribution >= 4 is 47.8 Å². The van der Waals surface area contributed by atoms with Gasteiger partial charge in [0, 0.05) is 26.2 Å². The second-order valence-corrected chi connectivity index (χ2v) is 6.76. The fourth-order valence-corrected chi connectivity index (χ4v) is 2.61. The number of amides is 1. The van der Waals surface area contributed by atoms with Crippen LogP contribution in [-0.4, -0.2) is 56.8 Å². The monoisotopic (exact) mass is 474 g/mol. The normalized spacial score (nSPS) is 12.3. The zero-order valence-electron chi connectivity index (χ0n) is 15.7. The molecule has 6 nitrogen and oxygen atoms in total. The van der Waals surface area contributed by atoms with Crippen LogP contribution in [0.2, 0.25) is 0 Å². The molecule has 3 N–H and O–H groups in total. The Balaban J connectivity index is 0. The topological polar surface area (TPSA) is 74.8 Å². The maximum absolute atomic E-state index is 11.6. The van der Waals surface area contributed by atoms with Crippen LogP contribution in [0, 0.1) is 5.92 Å². The maximum Gasteiger partial charge on any atom is 0.407 e. The molecule has 0 aliphatic heterocycles. The van der Waals surface area contributed by atoms with Gasteiger partial charge in [-0.15, -0.1) is 24.0 Å². The molecule has 0 bridgehead atoms. The number of alkyl carbamates (subject to hydrolysis) is 1. The van der Waals surface area contributed by atoms with Crippen molar-refractivity contribution in [2.75, 3.05) is 38.8 Å². The van der Waals surface area contributed by atoms with Crippen molar-refractivity contribution in [3.8, 4) is 0 Å². The predicted molar refractivity (Wildman–Crippen MR) is 116 cm³/mol. The summed E-state index contributed by atoms with van der Waals surface area (Å²) in [5, 5.41) is 9.48. The van der Waals surface area contributed by atoms with Crippen molar-refractivity contribution in [2.24, 2.45) is 10.9 Å². The fourth-order valence-electron chi connectivity index (χ4n) is 2.12. The van der Waals surface area contributed by atoms with Crippen molar-refractivity contribution in [3.63, 3.8) is 0 Å². The molecule has 0 heterocycles. The van der Waals surface area contributed by atoms with Gasteiger partial charge in [-0.2, -0.15) is 11.8 Å². The zero-order chi connectivity index (χ0) is 17.5. The SMILES string of the molecule is CCOC(=O)NC(CNC(=NC)NCCCCSC)CC(C)C.I. The first-order chi connectivity index (χ1) is 11.0. The number of nitrogens with one attached hydrogen (secondary N) is 3. The van der Waals surface area contributed by atoms with E-state index in [0.29, 0.717) is 19.1 Å². The van der Waals surface area contributed by atoms with E-state index in [1.54, 1.807) is 14.0 Å². The average molecular weight is 474 g/mol. The molecule has 0 aliphatic carbocycles. The minimum atomic E-state index is -0.361. The van der Waals surface area contributed by atoms with E-state index in [2.05, 4.69) is 41.0 Å². The smallest absolute Gasteiger partial charge is 0.407 e. The van der Waals surface area contributed by atoms with E-state index in [9.17, 15) is 4.79 Å². The van der Waals surface area contributed by atoms with Gasteiger partial charge < -0.3 is 20.7 Å². The highest BCUT2D eigenvalue weighted by atomic mass is 127. The van der Waals surface area contributed by atoms with Gasteiger partial charge in [-0.1, -0.05) is 13.8 Å². The molecule has 0 radical (unpaired) electrons. The van der Waals surface area contributed by atoms with Gasteiger partial charge in [0.1, 0.15) is 0 Å². The highest BCUT2D eigenvalue weighted by Crippen LogP contribution is 2.04. The second-order valence-electron chi connectivity index (χ2n) is 5.77. The second kappa shape index (κ2) is 17.4. The highest BCUT2D eigenvalue weighted by Gasteiger charge is 2.15. The molecule has 0 saturated carbocycles. The standard InChI is InChI=1S/C16H34N4O2S.HI/c1-6-22-16(21)20-14(11-13(2)3)12-19-15(17-4)18-9-7-8-10-23-5;/h13-14H,6-12H2,1-5H3,(H,20,21)(H2,17,18,19);1H. The van der Waals surface area contributed by atoms with Crippen LogP contribution in [0.5, 0.6) is 0 Å². The van der Waals surface area contributed by atoms with E-state index in [1.807, 2.05) is 11.8 Å². The van der Waals surface area contributed by atoms with Gasteiger partial charge in [0.25, 0.3) is 0 Å². The lowest BCUT2D eigenvalue weighted by atomic mass is 10.0. The van der Waals surface area contributed by atoms with Gasteiger partial charge in [0.15, 0.2) is 5.96 Å². The van der Waals surface area contributed by atoms with Crippen LogP contribution in [0.4, 0.5) is 4.79 Å². The van der Waals surface area contributed by atoms with Gasteiger partial charge in [0.2, 0.25) is 0 Å². The lowest BCUT2D eigenvalue weighted by Gasteiger charge is -2.22. The molecule has 144 valence electrons. The number of carbonyl (C=O) groups is 1. The van der Waals surface area contributed by atoms with Crippen LogP contribution >= 0.6 is 35.7 Å². The minimum Gasteiger partial charge on any atom is -0.450 e. The molecule has 0 fully saturated rings. The van der Waals surface area contributed by atoms with Gasteiger partial charge in [-0.3, -0.25) is 4.99 Å². The quantitative estimate of drug-likeness (QED) is 0.186. The first kappa shape index (κ1) is 25.9. The van der Waals surface area contributed by atoms with Crippen LogP contribution in [0.25, 0.3) is 0 Å². The summed E-state index contributed by atoms with van der Waals surface area (Å²) in [5.41, 5.74) is 0. The molecular formula is C16H35IN4O2S. The van der Waals surface area contributed by atoms with Crippen molar-refractivity contribution in [1.29, 1.82) is 0 Å². The molecule has 1 amide bonds. The largest absolute Gasteiger partial charge is 0.450 e. The van der Waals surface area contributed by atoms with Crippen LogP contribution in [0.3, 0.4) is 0 Å². The van der Waals surface area contributed by atoms with E-state index in [-0.39, 0.29) is 36.1 Å². The lowest BCUT2D eigenvalue weighted by molar-refractivity contribution is 0.146. The van der Waals surface area contributed by atoms with Crippen LogP contribution < -0.4 is 16.0 Å². The number of thioether (sulfide) groups is 1. The third kappa shape index (κ3) is 15.2. The molecule has 24 heavy (non-hydrogen) atoms. The highest BCUT2D eigenvalue weighted by molar-refractivity contribution is 14.0. The number of rotatable bonds is 11. The molecule has 0 saturated heterocycles. The number of halogens is 1. The van der Waals surface area contributed by atoms with Crippen LogP contribution in [-0.2, 0) is 4.74 Å². The summed E-state index contributed by atoms with van der Waals surface area (Å²) < 4.78 is 4.96. The predicted octanol–water partition coefficient (Wildman–Crippen LogP) is 3.07. The van der Waals surface area contributed by atoms with E-state index in [0.717, 1.165) is 25.3 Å². The minimum absolute atomic E-state index is 0. The Morgan fingerprint density at radius 1 is 1.25 bits per heavy atom. The Morgan fingerprint density at radius 2 is 1.96 bits per heavy atom. The third-order valence-electron chi connectivity index (χ3n) is 3.16. The molecule has 0 aromatic rings. The number of guanidine groups is 1. The Hall–Kier alpha value is -0.380. The van der Waals surface area contributed by atoms with Crippen molar-refractivity contribution in [1.82, 2.24) is 16.0 Å². The summed E-state index contributed by atoms with van der Waals surface area (Å²) in [5.74, 6) is 2.45. The number of nitrogens with zero attached hydrogens (tertiary/aromatic N) is 1. The zero-order valence-corrected chi connectivity index (χ0v) is 18.8. The average Bonchev–Trinajstić information content (AvgIpc) is 2.49. The summed E-state index contributed by atoms with van der Waals surface area (Å²) in [4.78, 5) is 15.8. The van der Waals surface area contributed by atoms with Gasteiger partial charge in [-0.25, -0.2) is 4.79 Å². The Morgan fingerprint density at radius 3 is 2.50 bits per heavy atom. The Kier molecular flexibility index (Phi) is 18.8. The van der Waals surface area contributed by atoms with E-state index in [4.69, 9.17) is 4.74 Å². The molecule has 0 aromatic carbocycles. The molecular weight excluding hydrogens is 439 g/mol. The van der Waals surface area contributed by atoms with Gasteiger partial charge >= 0.3 is 6.09 Å². The molecule has 1 unspecified atom stereocenters. The third-order valence-corrected chi connectivity index (χ3v) is 3.86. The Labute approximate surface area is 168 Å². The van der Waals surface area contributed by atoms with Crippen LogP contribution in [0.1, 0.15) is 40.0 Å². The molecule has 1 atom stereocenters. The number of hydrogen-bond donors (Lipinski definition) is 3. The van der Waals surface area contributed by atoms with Crippen molar-refractivity contribution in [2.45, 2.75) is 46.1 Å². The van der Waals surface area contributed by atoms with Gasteiger partial charge in [-0.05, 0) is 44.1 Å². The molecule has 0 aromatic heterocycles. The summed E-state index contributed by atoms with van der Waals surface area (Å²) in [6.45, 7) is 7.99. The molecule has 0 spiro atoms. The number of carbonyl (C=O) groups excluding carboxylic acids is 1. The van der Waals surface area contributed by atoms with E-state index >= 15 is 0 Å². The molecule has 8 heteroatoms. The van der Waals surface area contributed by atoms with Crippen molar-refractivity contribution in [3.05, 3.63) is 0 Å². The number of aliphatic imine (C=N–C) groups is 1. The van der Waals surface area contributed by atoms with Gasteiger partial charge in [0.05, 0.1) is 6.61 Å². The number of ether oxygens (including phenoxy) is 1. The number of unbranched alkanes of at least 4 members (excludes halogenated alkanes) is 1. The lowest BCUT2D eigenvalue weighted by Crippen LogP contribution is -2.47. The summed E-state index contributed by atoms with van der Waals surface area (Å²) in [6, 6.07) is 0.0177. The van der Waals surface area contributed by atoms with E-state index in [1.165, 1.54) is 12.2 Å². The van der Waals surface area contributed by atoms with Crippen molar-refractivity contribution < 1.29 is 9.53 Å².